The number of rotatable bonds is 7. The first-order valence-electron chi connectivity index (χ1n) is 11.2. The van der Waals surface area contributed by atoms with E-state index < -0.39 is 41.8 Å². The molecule has 2 amide bonds. The number of benzene rings is 2. The SMILES string of the molecule is CC(C(=O)O)N(C(=O)C(C)(NC(=O)OCC1c2ccccc2-c2ccccc21)C(F)(F)F)C1CC1. The third-order valence-corrected chi connectivity index (χ3v) is 6.64. The van der Waals surface area contributed by atoms with Crippen LogP contribution >= 0.6 is 0 Å². The largest absolute Gasteiger partial charge is 0.480 e. The van der Waals surface area contributed by atoms with E-state index in [0.717, 1.165) is 29.2 Å². The number of carbonyl (C=O) groups excluding carboxylic acids is 2. The molecule has 2 aliphatic carbocycles. The van der Waals surface area contributed by atoms with E-state index >= 15 is 0 Å². The normalized spacial score (nSPS) is 17.5. The quantitative estimate of drug-likeness (QED) is 0.603. The second-order valence-corrected chi connectivity index (χ2v) is 9.03. The first-order chi connectivity index (χ1) is 16.5. The molecule has 186 valence electrons. The Balaban J connectivity index is 1.53. The van der Waals surface area contributed by atoms with Gasteiger partial charge in [-0.2, -0.15) is 13.2 Å². The van der Waals surface area contributed by atoms with Crippen molar-refractivity contribution in [3.05, 3.63) is 59.7 Å². The summed E-state index contributed by atoms with van der Waals surface area (Å²) in [6, 6.07) is 12.9. The van der Waals surface area contributed by atoms with Crippen LogP contribution in [0.3, 0.4) is 0 Å². The van der Waals surface area contributed by atoms with E-state index in [1.54, 1.807) is 5.32 Å². The summed E-state index contributed by atoms with van der Waals surface area (Å²) in [4.78, 5) is 37.8. The molecule has 2 aromatic carbocycles. The van der Waals surface area contributed by atoms with Crippen LogP contribution in [0, 0.1) is 0 Å². The lowest BCUT2D eigenvalue weighted by molar-refractivity contribution is -0.202. The van der Waals surface area contributed by atoms with E-state index in [9.17, 15) is 32.7 Å². The van der Waals surface area contributed by atoms with Crippen molar-refractivity contribution in [2.24, 2.45) is 0 Å². The summed E-state index contributed by atoms with van der Waals surface area (Å²) >= 11 is 0. The van der Waals surface area contributed by atoms with E-state index in [0.29, 0.717) is 24.7 Å². The fourth-order valence-corrected chi connectivity index (χ4v) is 4.47. The average molecular weight is 490 g/mol. The van der Waals surface area contributed by atoms with E-state index in [2.05, 4.69) is 0 Å². The zero-order valence-corrected chi connectivity index (χ0v) is 19.1. The zero-order chi connectivity index (χ0) is 25.5. The van der Waals surface area contributed by atoms with Gasteiger partial charge in [0.1, 0.15) is 12.6 Å². The fraction of sp³-hybridized carbons (Fsp3) is 0.400. The highest BCUT2D eigenvalue weighted by atomic mass is 19.4. The summed E-state index contributed by atoms with van der Waals surface area (Å²) in [6.07, 6.45) is -5.83. The monoisotopic (exact) mass is 490 g/mol. The van der Waals surface area contributed by atoms with Gasteiger partial charge in [0.25, 0.3) is 5.91 Å². The van der Waals surface area contributed by atoms with Crippen LogP contribution in [0.25, 0.3) is 11.1 Å². The molecule has 2 atom stereocenters. The Labute approximate surface area is 199 Å². The molecule has 0 aliphatic heterocycles. The van der Waals surface area contributed by atoms with Crippen LogP contribution < -0.4 is 5.32 Å². The van der Waals surface area contributed by atoms with Crippen molar-refractivity contribution in [2.75, 3.05) is 6.61 Å². The van der Waals surface area contributed by atoms with Gasteiger partial charge in [-0.1, -0.05) is 48.5 Å². The minimum Gasteiger partial charge on any atom is -0.480 e. The molecule has 0 saturated heterocycles. The maximum Gasteiger partial charge on any atom is 0.420 e. The van der Waals surface area contributed by atoms with Gasteiger partial charge < -0.3 is 14.7 Å². The number of hydrogen-bond acceptors (Lipinski definition) is 4. The maximum absolute atomic E-state index is 14.1. The summed E-state index contributed by atoms with van der Waals surface area (Å²) in [7, 11) is 0. The lowest BCUT2D eigenvalue weighted by atomic mass is 9.98. The first-order valence-corrected chi connectivity index (χ1v) is 11.2. The van der Waals surface area contributed by atoms with Crippen molar-refractivity contribution in [3.8, 4) is 11.1 Å². The molecule has 2 unspecified atom stereocenters. The highest BCUT2D eigenvalue weighted by molar-refractivity contribution is 5.93. The van der Waals surface area contributed by atoms with Crippen LogP contribution in [0.15, 0.2) is 48.5 Å². The molecule has 0 bridgehead atoms. The minimum absolute atomic E-state index is 0.236. The number of carboxylic acid groups (broad SMARTS) is 1. The maximum atomic E-state index is 14.1. The van der Waals surface area contributed by atoms with Crippen molar-refractivity contribution in [1.29, 1.82) is 0 Å². The Morgan fingerprint density at radius 2 is 1.57 bits per heavy atom. The van der Waals surface area contributed by atoms with E-state index in [1.807, 2.05) is 48.5 Å². The van der Waals surface area contributed by atoms with Crippen LogP contribution in [-0.2, 0) is 14.3 Å². The number of hydrogen-bond donors (Lipinski definition) is 2. The Morgan fingerprint density at radius 1 is 1.06 bits per heavy atom. The Hall–Kier alpha value is -3.56. The summed E-state index contributed by atoms with van der Waals surface area (Å²) < 4.78 is 47.5. The number of alkyl halides is 3. The van der Waals surface area contributed by atoms with E-state index in [-0.39, 0.29) is 12.5 Å². The van der Waals surface area contributed by atoms with Crippen molar-refractivity contribution < 1.29 is 37.4 Å². The number of alkyl carbamates (subject to hydrolysis) is 1. The molecule has 4 rings (SSSR count). The van der Waals surface area contributed by atoms with Crippen molar-refractivity contribution in [1.82, 2.24) is 10.2 Å². The predicted octanol–water partition coefficient (Wildman–Crippen LogP) is 4.31. The molecule has 0 aromatic heterocycles. The molecule has 0 spiro atoms. The first kappa shape index (κ1) is 24.6. The molecule has 1 saturated carbocycles. The number of fused-ring (bicyclic) bond motifs is 3. The van der Waals surface area contributed by atoms with Gasteiger partial charge in [0.15, 0.2) is 0 Å². The number of ether oxygens (including phenoxy) is 1. The lowest BCUT2D eigenvalue weighted by Gasteiger charge is -2.37. The van der Waals surface area contributed by atoms with Crippen molar-refractivity contribution >= 4 is 18.0 Å². The number of nitrogens with one attached hydrogen (secondary N) is 1. The van der Waals surface area contributed by atoms with Crippen molar-refractivity contribution in [3.63, 3.8) is 0 Å². The van der Waals surface area contributed by atoms with Crippen LogP contribution in [0.1, 0.15) is 43.7 Å². The number of halogens is 3. The zero-order valence-electron chi connectivity index (χ0n) is 19.1. The number of carboxylic acids is 1. The molecular formula is C25H25F3N2O5. The van der Waals surface area contributed by atoms with Gasteiger partial charge in [0.2, 0.25) is 5.54 Å². The number of nitrogens with zero attached hydrogens (tertiary/aromatic N) is 1. The average Bonchev–Trinajstić information content (AvgIpc) is 3.59. The third-order valence-electron chi connectivity index (χ3n) is 6.64. The van der Waals surface area contributed by atoms with Gasteiger partial charge >= 0.3 is 18.2 Å². The van der Waals surface area contributed by atoms with Gasteiger partial charge in [0.05, 0.1) is 0 Å². The molecule has 2 aliphatic rings. The molecule has 0 radical (unpaired) electrons. The predicted molar refractivity (Wildman–Crippen MR) is 120 cm³/mol. The van der Waals surface area contributed by atoms with Gasteiger partial charge in [-0.05, 0) is 48.9 Å². The second kappa shape index (κ2) is 8.90. The third kappa shape index (κ3) is 4.44. The molecule has 10 heteroatoms. The highest BCUT2D eigenvalue weighted by Gasteiger charge is 2.61. The smallest absolute Gasteiger partial charge is 0.420 e. The Kier molecular flexibility index (Phi) is 6.25. The van der Waals surface area contributed by atoms with E-state index in [4.69, 9.17) is 4.74 Å². The number of aliphatic carboxylic acids is 1. The summed E-state index contributed by atoms with van der Waals surface area (Å²) in [5.41, 5.74) is 0.310. The van der Waals surface area contributed by atoms with Gasteiger partial charge in [-0.3, -0.25) is 10.1 Å². The van der Waals surface area contributed by atoms with Crippen molar-refractivity contribution in [2.45, 2.75) is 56.4 Å². The number of amides is 2. The molecule has 35 heavy (non-hydrogen) atoms. The van der Waals surface area contributed by atoms with Crippen LogP contribution in [-0.4, -0.2) is 58.4 Å². The van der Waals surface area contributed by atoms with Gasteiger partial charge in [0, 0.05) is 12.0 Å². The van der Waals surface area contributed by atoms with Crippen LogP contribution in [0.4, 0.5) is 18.0 Å². The minimum atomic E-state index is -5.19. The second-order valence-electron chi connectivity index (χ2n) is 9.03. The summed E-state index contributed by atoms with van der Waals surface area (Å²) in [5.74, 6) is -3.34. The molecule has 0 heterocycles. The number of carbonyl (C=O) groups is 3. The topological polar surface area (TPSA) is 95.9 Å². The van der Waals surface area contributed by atoms with Gasteiger partial charge in [-0.15, -0.1) is 0 Å². The Morgan fingerprint density at radius 3 is 2.03 bits per heavy atom. The highest BCUT2D eigenvalue weighted by Crippen LogP contribution is 2.44. The van der Waals surface area contributed by atoms with Gasteiger partial charge in [-0.25, -0.2) is 9.59 Å². The summed E-state index contributed by atoms with van der Waals surface area (Å²) in [6.45, 7) is 1.43. The molecular weight excluding hydrogens is 465 g/mol. The lowest BCUT2D eigenvalue weighted by Crippen LogP contribution is -2.67. The van der Waals surface area contributed by atoms with Crippen LogP contribution in [0.5, 0.6) is 0 Å². The standard InChI is InChI=1S/C25H25F3N2O5/c1-14(21(31)32)30(15-11-12-15)22(33)24(2,25(26,27)28)29-23(34)35-13-20-18-9-5-3-7-16(18)17-8-4-6-10-19(17)20/h3-10,14-15,20H,11-13H2,1-2H3,(H,29,34)(H,31,32). The van der Waals surface area contributed by atoms with Crippen LogP contribution in [0.2, 0.25) is 0 Å². The fourth-order valence-electron chi connectivity index (χ4n) is 4.47. The molecule has 2 aromatic rings. The molecule has 2 N–H and O–H groups in total. The summed E-state index contributed by atoms with van der Waals surface area (Å²) in [5, 5.41) is 11.0. The Bertz CT molecular complexity index is 1120. The van der Waals surface area contributed by atoms with E-state index in [1.165, 1.54) is 0 Å². The molecule has 1 fully saturated rings. The molecule has 7 nitrogen and oxygen atoms in total.